The summed E-state index contributed by atoms with van der Waals surface area (Å²) in [5.74, 6) is -1.38. The maximum atomic E-state index is 13.2. The van der Waals surface area contributed by atoms with Crippen LogP contribution in [-0.2, 0) is 9.59 Å². The first-order valence-corrected chi connectivity index (χ1v) is 12.6. The SMILES string of the molecule is Cc1nc2ccccc2c(-c2ccc(Cl)cc2)c1C1=NN(C(=O)CCC(=O)O)[C@H](c2ccc(Cl)cc2)C1. The molecule has 0 aliphatic carbocycles. The monoisotopic (exact) mass is 531 g/mol. The van der Waals surface area contributed by atoms with Gasteiger partial charge in [-0.1, -0.05) is 65.7 Å². The summed E-state index contributed by atoms with van der Waals surface area (Å²) in [5.41, 5.74) is 6.01. The van der Waals surface area contributed by atoms with Crippen molar-refractivity contribution in [3.63, 3.8) is 0 Å². The van der Waals surface area contributed by atoms with Gasteiger partial charge in [-0.15, -0.1) is 0 Å². The predicted octanol–water partition coefficient (Wildman–Crippen LogP) is 7.06. The molecule has 1 amide bonds. The number of nitrogens with zero attached hydrogens (tertiary/aromatic N) is 3. The molecule has 186 valence electrons. The Bertz CT molecular complexity index is 1530. The molecular formula is C29H23Cl2N3O3. The smallest absolute Gasteiger partial charge is 0.303 e. The van der Waals surface area contributed by atoms with Crippen molar-refractivity contribution in [2.75, 3.05) is 0 Å². The predicted molar refractivity (Wildman–Crippen MR) is 146 cm³/mol. The highest BCUT2D eigenvalue weighted by Crippen LogP contribution is 2.40. The Morgan fingerprint density at radius 2 is 1.57 bits per heavy atom. The number of rotatable bonds is 6. The second kappa shape index (κ2) is 10.3. The number of carbonyl (C=O) groups is 2. The van der Waals surface area contributed by atoms with Crippen LogP contribution in [0.4, 0.5) is 0 Å². The van der Waals surface area contributed by atoms with E-state index in [9.17, 15) is 9.59 Å². The van der Waals surface area contributed by atoms with Crippen LogP contribution in [0.15, 0.2) is 77.9 Å². The Labute approximate surface area is 224 Å². The quantitative estimate of drug-likeness (QED) is 0.288. The third-order valence-corrected chi connectivity index (χ3v) is 6.97. The maximum absolute atomic E-state index is 13.2. The summed E-state index contributed by atoms with van der Waals surface area (Å²) in [5, 5.41) is 17.5. The van der Waals surface area contributed by atoms with Gasteiger partial charge in [0.2, 0.25) is 5.91 Å². The van der Waals surface area contributed by atoms with Gasteiger partial charge < -0.3 is 5.11 Å². The number of amides is 1. The van der Waals surface area contributed by atoms with Crippen LogP contribution in [0.3, 0.4) is 0 Å². The van der Waals surface area contributed by atoms with Crippen LogP contribution in [0.1, 0.15) is 42.1 Å². The fraction of sp³-hybridized carbons (Fsp3) is 0.172. The molecule has 0 spiro atoms. The molecule has 6 nitrogen and oxygen atoms in total. The number of aromatic nitrogens is 1. The van der Waals surface area contributed by atoms with Crippen LogP contribution in [0.2, 0.25) is 10.0 Å². The number of pyridine rings is 1. The summed E-state index contributed by atoms with van der Waals surface area (Å²) < 4.78 is 0. The first kappa shape index (κ1) is 24.9. The van der Waals surface area contributed by atoms with Gasteiger partial charge in [0.25, 0.3) is 0 Å². The van der Waals surface area contributed by atoms with E-state index >= 15 is 0 Å². The van der Waals surface area contributed by atoms with Crippen molar-refractivity contribution < 1.29 is 14.7 Å². The van der Waals surface area contributed by atoms with E-state index < -0.39 is 12.0 Å². The number of aryl methyl sites for hydroxylation is 1. The molecule has 0 saturated carbocycles. The molecule has 4 aromatic rings. The van der Waals surface area contributed by atoms with E-state index in [1.807, 2.05) is 67.6 Å². The van der Waals surface area contributed by atoms with Crippen LogP contribution in [0, 0.1) is 6.92 Å². The molecule has 0 unspecified atom stereocenters. The third kappa shape index (κ3) is 5.08. The minimum Gasteiger partial charge on any atom is -0.481 e. The lowest BCUT2D eigenvalue weighted by atomic mass is 9.89. The summed E-state index contributed by atoms with van der Waals surface area (Å²) in [4.78, 5) is 29.2. The Morgan fingerprint density at radius 3 is 2.24 bits per heavy atom. The average molecular weight is 532 g/mol. The van der Waals surface area contributed by atoms with Crippen LogP contribution in [-0.4, -0.2) is 32.7 Å². The number of hydrogen-bond acceptors (Lipinski definition) is 4. The van der Waals surface area contributed by atoms with Crippen LogP contribution < -0.4 is 0 Å². The van der Waals surface area contributed by atoms with Crippen molar-refractivity contribution in [2.45, 2.75) is 32.2 Å². The van der Waals surface area contributed by atoms with Gasteiger partial charge in [-0.05, 0) is 48.4 Å². The van der Waals surface area contributed by atoms with Crippen LogP contribution in [0.25, 0.3) is 22.0 Å². The molecule has 1 aromatic heterocycles. The average Bonchev–Trinajstić information content (AvgIpc) is 3.32. The largest absolute Gasteiger partial charge is 0.481 e. The molecule has 0 bridgehead atoms. The molecule has 1 N–H and O–H groups in total. The molecule has 0 saturated heterocycles. The van der Waals surface area contributed by atoms with E-state index in [0.29, 0.717) is 22.2 Å². The topological polar surface area (TPSA) is 82.9 Å². The van der Waals surface area contributed by atoms with Crippen molar-refractivity contribution in [1.82, 2.24) is 9.99 Å². The second-order valence-corrected chi connectivity index (χ2v) is 9.79. The van der Waals surface area contributed by atoms with E-state index in [1.54, 1.807) is 12.1 Å². The highest BCUT2D eigenvalue weighted by atomic mass is 35.5. The number of benzene rings is 3. The second-order valence-electron chi connectivity index (χ2n) is 8.92. The van der Waals surface area contributed by atoms with E-state index in [1.165, 1.54) is 5.01 Å². The highest BCUT2D eigenvalue weighted by molar-refractivity contribution is 6.31. The van der Waals surface area contributed by atoms with Crippen molar-refractivity contribution in [1.29, 1.82) is 0 Å². The molecule has 3 aromatic carbocycles. The molecule has 1 aliphatic rings. The third-order valence-electron chi connectivity index (χ3n) is 6.47. The van der Waals surface area contributed by atoms with Crippen molar-refractivity contribution in [3.8, 4) is 11.1 Å². The van der Waals surface area contributed by atoms with Gasteiger partial charge in [0.05, 0.1) is 23.7 Å². The van der Waals surface area contributed by atoms with Gasteiger partial charge in [-0.25, -0.2) is 5.01 Å². The van der Waals surface area contributed by atoms with E-state index in [-0.39, 0.29) is 18.7 Å². The molecule has 1 atom stereocenters. The van der Waals surface area contributed by atoms with Crippen LogP contribution in [0.5, 0.6) is 0 Å². The Morgan fingerprint density at radius 1 is 0.919 bits per heavy atom. The minimum absolute atomic E-state index is 0.144. The fourth-order valence-corrected chi connectivity index (χ4v) is 5.02. The molecule has 37 heavy (non-hydrogen) atoms. The maximum Gasteiger partial charge on any atom is 0.303 e. The Hall–Kier alpha value is -3.74. The number of fused-ring (bicyclic) bond motifs is 1. The van der Waals surface area contributed by atoms with Gasteiger partial charge >= 0.3 is 5.97 Å². The highest BCUT2D eigenvalue weighted by Gasteiger charge is 2.35. The zero-order valence-electron chi connectivity index (χ0n) is 20.0. The van der Waals surface area contributed by atoms with E-state index in [0.717, 1.165) is 38.9 Å². The summed E-state index contributed by atoms with van der Waals surface area (Å²) >= 11 is 12.3. The first-order chi connectivity index (χ1) is 17.8. The Kier molecular flexibility index (Phi) is 6.96. The summed E-state index contributed by atoms with van der Waals surface area (Å²) in [6, 6.07) is 22.4. The lowest BCUT2D eigenvalue weighted by Crippen LogP contribution is -2.27. The van der Waals surface area contributed by atoms with Crippen molar-refractivity contribution >= 4 is 51.7 Å². The minimum atomic E-state index is -1.03. The van der Waals surface area contributed by atoms with Gasteiger partial charge in [0.15, 0.2) is 0 Å². The number of carboxylic acids is 1. The number of hydrogen-bond donors (Lipinski definition) is 1. The molecule has 8 heteroatoms. The molecule has 5 rings (SSSR count). The summed E-state index contributed by atoms with van der Waals surface area (Å²) in [6.45, 7) is 1.94. The standard InChI is InChI=1S/C29H23Cl2N3O3/c1-17-28(29(19-8-12-21(31)13-9-19)22-4-2-3-5-23(22)32-17)24-16-25(18-6-10-20(30)11-7-18)34(33-24)26(35)14-15-27(36)37/h2-13,25H,14-16H2,1H3,(H,36,37)/t25-/m0/s1. The Balaban J connectivity index is 1.67. The van der Waals surface area contributed by atoms with Crippen molar-refractivity contribution in [3.05, 3.63) is 99.7 Å². The lowest BCUT2D eigenvalue weighted by Gasteiger charge is -2.22. The molecule has 0 radical (unpaired) electrons. The lowest BCUT2D eigenvalue weighted by molar-refractivity contribution is -0.141. The number of aliphatic carboxylic acids is 1. The summed E-state index contributed by atoms with van der Waals surface area (Å²) in [6.07, 6.45) is 0.0389. The number of para-hydroxylation sites is 1. The van der Waals surface area contributed by atoms with Crippen molar-refractivity contribution in [2.24, 2.45) is 5.10 Å². The molecule has 0 fully saturated rings. The van der Waals surface area contributed by atoms with E-state index in [4.69, 9.17) is 38.4 Å². The molecule has 2 heterocycles. The van der Waals surface area contributed by atoms with Gasteiger partial charge in [-0.3, -0.25) is 14.6 Å². The number of carboxylic acid groups (broad SMARTS) is 1. The van der Waals surface area contributed by atoms with Crippen LogP contribution >= 0.6 is 23.2 Å². The van der Waals surface area contributed by atoms with Gasteiger partial charge in [0, 0.05) is 45.1 Å². The summed E-state index contributed by atoms with van der Waals surface area (Å²) in [7, 11) is 0. The molecular weight excluding hydrogens is 509 g/mol. The van der Waals surface area contributed by atoms with Gasteiger partial charge in [0.1, 0.15) is 0 Å². The van der Waals surface area contributed by atoms with Gasteiger partial charge in [-0.2, -0.15) is 5.10 Å². The first-order valence-electron chi connectivity index (χ1n) is 11.8. The number of carbonyl (C=O) groups excluding carboxylic acids is 1. The number of halogens is 2. The van der Waals surface area contributed by atoms with E-state index in [2.05, 4.69) is 0 Å². The zero-order chi connectivity index (χ0) is 26.1. The number of hydrazone groups is 1. The normalized spacial score (nSPS) is 15.2. The zero-order valence-corrected chi connectivity index (χ0v) is 21.5. The fourth-order valence-electron chi connectivity index (χ4n) is 4.77. The molecule has 1 aliphatic heterocycles.